The summed E-state index contributed by atoms with van der Waals surface area (Å²) in [7, 11) is -4.22. The van der Waals surface area contributed by atoms with Crippen LogP contribution in [0.4, 0.5) is 10.1 Å². The molecule has 10 heteroatoms. The lowest BCUT2D eigenvalue weighted by Crippen LogP contribution is -2.53. The van der Waals surface area contributed by atoms with Gasteiger partial charge in [0.15, 0.2) is 0 Å². The lowest BCUT2D eigenvalue weighted by molar-refractivity contribution is -0.140. The zero-order valence-corrected chi connectivity index (χ0v) is 24.0. The first-order valence-corrected chi connectivity index (χ1v) is 14.4. The highest BCUT2D eigenvalue weighted by Crippen LogP contribution is 2.31. The number of aryl methyl sites for hydroxylation is 1. The van der Waals surface area contributed by atoms with Crippen molar-refractivity contribution in [2.45, 2.75) is 57.6 Å². The number of nitrogens with zero attached hydrogens (tertiary/aromatic N) is 2. The molecular weight excluding hydrogens is 541 g/mol. The molecule has 208 valence electrons. The third kappa shape index (κ3) is 7.58. The molecule has 0 radical (unpaired) electrons. The molecule has 3 rings (SSSR count). The van der Waals surface area contributed by atoms with Crippen molar-refractivity contribution >= 4 is 39.1 Å². The van der Waals surface area contributed by atoms with Gasteiger partial charge in [0, 0.05) is 12.6 Å². The average molecular weight is 574 g/mol. The molecule has 0 heterocycles. The molecule has 0 aliphatic heterocycles. The number of carbonyl (C=O) groups is 2. The number of para-hydroxylation sites is 1. The monoisotopic (exact) mass is 573 g/mol. The molecule has 0 saturated heterocycles. The van der Waals surface area contributed by atoms with E-state index in [1.54, 1.807) is 37.3 Å². The van der Waals surface area contributed by atoms with Crippen LogP contribution in [0, 0.1) is 12.7 Å². The van der Waals surface area contributed by atoms with Gasteiger partial charge in [0.1, 0.15) is 18.4 Å². The normalized spacial score (nSPS) is 12.2. The molecule has 0 aromatic heterocycles. The van der Waals surface area contributed by atoms with Crippen molar-refractivity contribution < 1.29 is 22.4 Å². The zero-order chi connectivity index (χ0) is 28.7. The molecule has 0 aliphatic carbocycles. The van der Waals surface area contributed by atoms with Crippen molar-refractivity contribution in [2.75, 3.05) is 10.8 Å². The summed E-state index contributed by atoms with van der Waals surface area (Å²) < 4.78 is 42.2. The van der Waals surface area contributed by atoms with Crippen LogP contribution in [0.1, 0.15) is 38.3 Å². The second kappa shape index (κ2) is 13.1. The summed E-state index contributed by atoms with van der Waals surface area (Å²) in [5, 5.41) is 2.98. The van der Waals surface area contributed by atoms with Crippen molar-refractivity contribution in [3.63, 3.8) is 0 Å². The van der Waals surface area contributed by atoms with Gasteiger partial charge in [0.2, 0.25) is 11.8 Å². The number of benzene rings is 3. The van der Waals surface area contributed by atoms with Gasteiger partial charge in [0.05, 0.1) is 15.6 Å². The Kier molecular flexibility index (Phi) is 10.1. The fraction of sp³-hybridized carbons (Fsp3) is 0.310. The van der Waals surface area contributed by atoms with E-state index in [0.29, 0.717) is 5.56 Å². The van der Waals surface area contributed by atoms with Gasteiger partial charge in [-0.3, -0.25) is 13.9 Å². The van der Waals surface area contributed by atoms with Gasteiger partial charge in [-0.15, -0.1) is 0 Å². The molecule has 7 nitrogen and oxygen atoms in total. The first-order chi connectivity index (χ1) is 18.4. The maximum Gasteiger partial charge on any atom is 0.264 e. The summed E-state index contributed by atoms with van der Waals surface area (Å²) in [6.07, 6.45) is 0.280. The highest BCUT2D eigenvalue weighted by molar-refractivity contribution is 7.92. The van der Waals surface area contributed by atoms with E-state index in [4.69, 9.17) is 11.6 Å². The number of carbonyl (C=O) groups excluding carboxylic acids is 2. The number of hydrogen-bond acceptors (Lipinski definition) is 4. The first kappa shape index (κ1) is 30.1. The Hall–Kier alpha value is -3.43. The number of hydrogen-bond donors (Lipinski definition) is 1. The van der Waals surface area contributed by atoms with E-state index in [2.05, 4.69) is 5.32 Å². The van der Waals surface area contributed by atoms with Crippen LogP contribution in [0.2, 0.25) is 5.02 Å². The third-order valence-electron chi connectivity index (χ3n) is 6.09. The van der Waals surface area contributed by atoms with E-state index in [-0.39, 0.29) is 40.5 Å². The standard InChI is InChI=1S/C29H33ClFN3O4S/c1-5-26(29(36)32-20(2)3)33(18-22-12-14-23(31)15-13-22)28(35)19-34(27-9-7-6-8-25(27)30)39(37,38)24-16-10-21(4)11-17-24/h6-17,20,26H,5,18-19H2,1-4H3,(H,32,36)/t26-/m0/s1. The van der Waals surface area contributed by atoms with Crippen LogP contribution < -0.4 is 9.62 Å². The van der Waals surface area contributed by atoms with Crippen LogP contribution in [0.3, 0.4) is 0 Å². The fourth-order valence-electron chi connectivity index (χ4n) is 4.09. The molecule has 2 amide bonds. The molecule has 0 bridgehead atoms. The Morgan fingerprint density at radius 2 is 1.59 bits per heavy atom. The summed E-state index contributed by atoms with van der Waals surface area (Å²) in [6.45, 7) is 6.60. The van der Waals surface area contributed by atoms with Crippen molar-refractivity contribution in [3.8, 4) is 0 Å². The van der Waals surface area contributed by atoms with E-state index < -0.39 is 34.3 Å². The molecule has 0 spiro atoms. The van der Waals surface area contributed by atoms with Crippen LogP contribution in [0.5, 0.6) is 0 Å². The van der Waals surface area contributed by atoms with Crippen molar-refractivity contribution in [2.24, 2.45) is 0 Å². The lowest BCUT2D eigenvalue weighted by Gasteiger charge is -2.33. The third-order valence-corrected chi connectivity index (χ3v) is 8.19. The van der Waals surface area contributed by atoms with Gasteiger partial charge in [0.25, 0.3) is 10.0 Å². The Morgan fingerprint density at radius 1 is 0.974 bits per heavy atom. The molecule has 39 heavy (non-hydrogen) atoms. The minimum atomic E-state index is -4.22. The smallest absolute Gasteiger partial charge is 0.264 e. The predicted octanol–water partition coefficient (Wildman–Crippen LogP) is 5.31. The Balaban J connectivity index is 2.07. The van der Waals surface area contributed by atoms with Crippen molar-refractivity contribution in [3.05, 3.63) is 94.8 Å². The topological polar surface area (TPSA) is 86.8 Å². The number of halogens is 2. The number of nitrogens with one attached hydrogen (secondary N) is 1. The van der Waals surface area contributed by atoms with E-state index in [1.807, 2.05) is 20.8 Å². The van der Waals surface area contributed by atoms with Gasteiger partial charge in [-0.1, -0.05) is 60.5 Å². The summed E-state index contributed by atoms with van der Waals surface area (Å²) in [6, 6.07) is 17.2. The molecule has 0 fully saturated rings. The molecule has 1 N–H and O–H groups in total. The molecular formula is C29H33ClFN3O4S. The molecule has 0 saturated carbocycles. The van der Waals surface area contributed by atoms with Crippen molar-refractivity contribution in [1.29, 1.82) is 0 Å². The minimum Gasteiger partial charge on any atom is -0.352 e. The largest absolute Gasteiger partial charge is 0.352 e. The summed E-state index contributed by atoms with van der Waals surface area (Å²) in [5.74, 6) is -1.41. The van der Waals surface area contributed by atoms with Crippen LogP contribution in [0.25, 0.3) is 0 Å². The molecule has 1 atom stereocenters. The molecule has 3 aromatic carbocycles. The van der Waals surface area contributed by atoms with Gasteiger partial charge in [-0.2, -0.15) is 0 Å². The number of rotatable bonds is 11. The van der Waals surface area contributed by atoms with Gasteiger partial charge in [-0.05, 0) is 69.2 Å². The second-order valence-corrected chi connectivity index (χ2v) is 11.8. The van der Waals surface area contributed by atoms with Gasteiger partial charge in [-0.25, -0.2) is 12.8 Å². The van der Waals surface area contributed by atoms with Crippen LogP contribution >= 0.6 is 11.6 Å². The van der Waals surface area contributed by atoms with E-state index >= 15 is 0 Å². The lowest BCUT2D eigenvalue weighted by atomic mass is 10.1. The zero-order valence-electron chi connectivity index (χ0n) is 22.4. The summed E-state index contributed by atoms with van der Waals surface area (Å²) in [4.78, 5) is 28.4. The Bertz CT molecular complexity index is 1400. The van der Waals surface area contributed by atoms with E-state index in [1.165, 1.54) is 47.4 Å². The van der Waals surface area contributed by atoms with E-state index in [9.17, 15) is 22.4 Å². The minimum absolute atomic E-state index is 0.00417. The quantitative estimate of drug-likeness (QED) is 0.337. The Labute approximate surface area is 234 Å². The van der Waals surface area contributed by atoms with Crippen LogP contribution in [-0.4, -0.2) is 43.8 Å². The molecule has 0 unspecified atom stereocenters. The maximum absolute atomic E-state index is 14.0. The maximum atomic E-state index is 14.0. The highest BCUT2D eigenvalue weighted by Gasteiger charge is 2.34. The SMILES string of the molecule is CC[C@@H](C(=O)NC(C)C)N(Cc1ccc(F)cc1)C(=O)CN(c1ccccc1Cl)S(=O)(=O)c1ccc(C)cc1. The Morgan fingerprint density at radius 3 is 2.15 bits per heavy atom. The van der Waals surface area contributed by atoms with Gasteiger partial charge >= 0.3 is 0 Å². The highest BCUT2D eigenvalue weighted by atomic mass is 35.5. The summed E-state index contributed by atoms with van der Waals surface area (Å²) >= 11 is 6.41. The van der Waals surface area contributed by atoms with Crippen LogP contribution in [-0.2, 0) is 26.2 Å². The number of sulfonamides is 1. The number of amides is 2. The second-order valence-electron chi connectivity index (χ2n) is 9.51. The van der Waals surface area contributed by atoms with Crippen LogP contribution in [0.15, 0.2) is 77.7 Å². The predicted molar refractivity (Wildman–Crippen MR) is 151 cm³/mol. The van der Waals surface area contributed by atoms with Gasteiger partial charge < -0.3 is 10.2 Å². The van der Waals surface area contributed by atoms with E-state index in [0.717, 1.165) is 9.87 Å². The summed E-state index contributed by atoms with van der Waals surface area (Å²) in [5.41, 5.74) is 1.60. The average Bonchev–Trinajstić information content (AvgIpc) is 2.88. The first-order valence-electron chi connectivity index (χ1n) is 12.6. The number of anilines is 1. The molecule has 0 aliphatic rings. The molecule has 3 aromatic rings. The van der Waals surface area contributed by atoms with Crippen molar-refractivity contribution in [1.82, 2.24) is 10.2 Å². The fourth-order valence-corrected chi connectivity index (χ4v) is 5.81.